The maximum absolute atomic E-state index is 13.4. The van der Waals surface area contributed by atoms with Crippen LogP contribution >= 0.6 is 0 Å². The van der Waals surface area contributed by atoms with Crippen LogP contribution < -0.4 is 16.0 Å². The summed E-state index contributed by atoms with van der Waals surface area (Å²) in [6.07, 6.45) is 7.94. The molecule has 1 fully saturated rings. The minimum Gasteiger partial charge on any atom is -0.460 e. The molecule has 0 saturated carbocycles. The molecular formula is C31H49N3O5. The first kappa shape index (κ1) is 32.3. The summed E-state index contributed by atoms with van der Waals surface area (Å²) in [4.78, 5) is 52.8. The Kier molecular flexibility index (Phi) is 14.0. The third kappa shape index (κ3) is 11.0. The highest BCUT2D eigenvalue weighted by atomic mass is 16.5. The minimum atomic E-state index is -0.893. The van der Waals surface area contributed by atoms with Crippen LogP contribution in [-0.2, 0) is 30.3 Å². The topological polar surface area (TPSA) is 114 Å². The Labute approximate surface area is 234 Å². The Bertz CT molecular complexity index is 922. The summed E-state index contributed by atoms with van der Waals surface area (Å²) in [6, 6.07) is 6.78. The Hall–Kier alpha value is -2.90. The van der Waals surface area contributed by atoms with Crippen LogP contribution in [0.15, 0.2) is 30.3 Å². The molecule has 1 aliphatic rings. The first-order valence-corrected chi connectivity index (χ1v) is 14.8. The van der Waals surface area contributed by atoms with Gasteiger partial charge >= 0.3 is 5.97 Å². The standard InChI is InChI=1S/C31H49N3O5/c1-6-8-9-10-11-13-16-22(4)26-20-27(35)33-25(19-24-17-14-12-15-18-24)30(37)32-23(5)29(36)34-28(21(3)7-2)31(38)39-26/h12,14-15,17-18,21-23,25-26,28H,6-11,13,16,19-20H2,1-5H3,(H,32,37)(H,33,35)(H,34,36). The number of cyclic esters (lactones) is 1. The second-order valence-electron chi connectivity index (χ2n) is 11.1. The number of nitrogens with one attached hydrogen (secondary N) is 3. The van der Waals surface area contributed by atoms with E-state index < -0.39 is 42.0 Å². The molecule has 2 rings (SSSR count). The molecule has 8 heteroatoms. The normalized spacial score (nSPS) is 24.6. The van der Waals surface area contributed by atoms with E-state index in [-0.39, 0.29) is 30.6 Å². The fourth-order valence-electron chi connectivity index (χ4n) is 4.84. The zero-order valence-electron chi connectivity index (χ0n) is 24.5. The molecule has 1 saturated heterocycles. The fraction of sp³-hybridized carbons (Fsp3) is 0.677. The smallest absolute Gasteiger partial charge is 0.329 e. The van der Waals surface area contributed by atoms with Crippen molar-refractivity contribution in [2.24, 2.45) is 11.8 Å². The Morgan fingerprint density at radius 3 is 2.18 bits per heavy atom. The molecule has 0 radical (unpaired) electrons. The van der Waals surface area contributed by atoms with Gasteiger partial charge in [0, 0.05) is 6.42 Å². The van der Waals surface area contributed by atoms with E-state index in [1.54, 1.807) is 6.92 Å². The van der Waals surface area contributed by atoms with Gasteiger partial charge in [-0.05, 0) is 30.7 Å². The molecule has 3 N–H and O–H groups in total. The van der Waals surface area contributed by atoms with Crippen molar-refractivity contribution < 1.29 is 23.9 Å². The first-order valence-electron chi connectivity index (χ1n) is 14.8. The van der Waals surface area contributed by atoms with Crippen LogP contribution in [0.25, 0.3) is 0 Å². The molecule has 0 aromatic heterocycles. The summed E-state index contributed by atoms with van der Waals surface area (Å²) in [5, 5.41) is 8.37. The molecular weight excluding hydrogens is 494 g/mol. The van der Waals surface area contributed by atoms with E-state index in [4.69, 9.17) is 4.74 Å². The largest absolute Gasteiger partial charge is 0.460 e. The number of esters is 1. The van der Waals surface area contributed by atoms with Gasteiger partial charge in [0.25, 0.3) is 0 Å². The van der Waals surface area contributed by atoms with Gasteiger partial charge in [-0.2, -0.15) is 0 Å². The highest BCUT2D eigenvalue weighted by Gasteiger charge is 2.35. The molecule has 1 aromatic rings. The lowest BCUT2D eigenvalue weighted by molar-refractivity contribution is -0.158. The van der Waals surface area contributed by atoms with Crippen molar-refractivity contribution in [3.05, 3.63) is 35.9 Å². The molecule has 6 unspecified atom stereocenters. The highest BCUT2D eigenvalue weighted by molar-refractivity contribution is 5.94. The van der Waals surface area contributed by atoms with Crippen molar-refractivity contribution in [3.8, 4) is 0 Å². The SMILES string of the molecule is CCCCCCCCC(C)C1CC(=O)NC(Cc2ccccc2)C(=O)NC(C)C(=O)NC(C(C)CC)C(=O)O1. The molecule has 39 heavy (non-hydrogen) atoms. The predicted octanol–water partition coefficient (Wildman–Crippen LogP) is 4.45. The molecule has 1 aromatic carbocycles. The van der Waals surface area contributed by atoms with Gasteiger partial charge < -0.3 is 20.7 Å². The lowest BCUT2D eigenvalue weighted by atomic mass is 9.93. The average Bonchev–Trinajstić information content (AvgIpc) is 2.92. The maximum Gasteiger partial charge on any atom is 0.329 e. The van der Waals surface area contributed by atoms with Crippen LogP contribution in [0.4, 0.5) is 0 Å². The Balaban J connectivity index is 2.27. The number of hydrogen-bond acceptors (Lipinski definition) is 5. The number of carbonyl (C=O) groups excluding carboxylic acids is 4. The van der Waals surface area contributed by atoms with E-state index >= 15 is 0 Å². The van der Waals surface area contributed by atoms with Crippen LogP contribution in [0, 0.1) is 11.8 Å². The summed E-state index contributed by atoms with van der Waals surface area (Å²) >= 11 is 0. The molecule has 1 heterocycles. The van der Waals surface area contributed by atoms with Crippen molar-refractivity contribution in [1.82, 2.24) is 16.0 Å². The summed E-state index contributed by atoms with van der Waals surface area (Å²) in [5.74, 6) is -2.04. The van der Waals surface area contributed by atoms with Gasteiger partial charge in [-0.1, -0.05) is 103 Å². The fourth-order valence-corrected chi connectivity index (χ4v) is 4.84. The number of amides is 3. The second kappa shape index (κ2) is 16.9. The van der Waals surface area contributed by atoms with Crippen molar-refractivity contribution in [2.45, 2.75) is 123 Å². The van der Waals surface area contributed by atoms with E-state index in [0.717, 1.165) is 24.8 Å². The Morgan fingerprint density at radius 1 is 0.846 bits per heavy atom. The van der Waals surface area contributed by atoms with E-state index in [9.17, 15) is 19.2 Å². The number of hydrogen-bond donors (Lipinski definition) is 3. The van der Waals surface area contributed by atoms with Crippen molar-refractivity contribution in [1.29, 1.82) is 0 Å². The molecule has 0 spiro atoms. The van der Waals surface area contributed by atoms with Gasteiger partial charge in [-0.3, -0.25) is 14.4 Å². The summed E-state index contributed by atoms with van der Waals surface area (Å²) in [6.45, 7) is 9.58. The molecule has 0 bridgehead atoms. The van der Waals surface area contributed by atoms with Crippen LogP contribution in [-0.4, -0.2) is 47.9 Å². The quantitative estimate of drug-likeness (QED) is 0.266. The minimum absolute atomic E-state index is 0.0436. The van der Waals surface area contributed by atoms with Crippen molar-refractivity contribution in [3.63, 3.8) is 0 Å². The van der Waals surface area contributed by atoms with Crippen LogP contribution in [0.2, 0.25) is 0 Å². The van der Waals surface area contributed by atoms with Gasteiger partial charge in [-0.15, -0.1) is 0 Å². The second-order valence-corrected chi connectivity index (χ2v) is 11.1. The Morgan fingerprint density at radius 2 is 1.51 bits per heavy atom. The van der Waals surface area contributed by atoms with Gasteiger partial charge in [0.1, 0.15) is 24.2 Å². The lowest BCUT2D eigenvalue weighted by Crippen LogP contribution is -2.55. The predicted molar refractivity (Wildman–Crippen MR) is 153 cm³/mol. The molecule has 218 valence electrons. The lowest BCUT2D eigenvalue weighted by Gasteiger charge is -2.29. The summed E-state index contributed by atoms with van der Waals surface area (Å²) < 4.78 is 5.97. The zero-order chi connectivity index (χ0) is 28.8. The number of benzene rings is 1. The van der Waals surface area contributed by atoms with Gasteiger partial charge in [0.2, 0.25) is 17.7 Å². The van der Waals surface area contributed by atoms with E-state index in [2.05, 4.69) is 22.9 Å². The van der Waals surface area contributed by atoms with Crippen LogP contribution in [0.5, 0.6) is 0 Å². The number of carbonyl (C=O) groups is 4. The van der Waals surface area contributed by atoms with Crippen LogP contribution in [0.1, 0.15) is 98.0 Å². The number of unbranched alkanes of at least 4 members (excludes halogenated alkanes) is 5. The molecule has 6 atom stereocenters. The number of rotatable bonds is 12. The highest BCUT2D eigenvalue weighted by Crippen LogP contribution is 2.22. The van der Waals surface area contributed by atoms with E-state index in [0.29, 0.717) is 6.42 Å². The average molecular weight is 544 g/mol. The van der Waals surface area contributed by atoms with Gasteiger partial charge in [0.15, 0.2) is 0 Å². The molecule has 3 amide bonds. The van der Waals surface area contributed by atoms with Crippen LogP contribution in [0.3, 0.4) is 0 Å². The zero-order valence-corrected chi connectivity index (χ0v) is 24.5. The molecule has 0 aliphatic carbocycles. The van der Waals surface area contributed by atoms with Gasteiger partial charge in [-0.25, -0.2) is 4.79 Å². The molecule has 8 nitrogen and oxygen atoms in total. The van der Waals surface area contributed by atoms with E-state index in [1.807, 2.05) is 51.1 Å². The third-order valence-electron chi connectivity index (χ3n) is 7.75. The summed E-state index contributed by atoms with van der Waals surface area (Å²) in [7, 11) is 0. The number of ether oxygens (including phenoxy) is 1. The monoisotopic (exact) mass is 543 g/mol. The first-order chi connectivity index (χ1) is 18.7. The third-order valence-corrected chi connectivity index (χ3v) is 7.75. The van der Waals surface area contributed by atoms with E-state index in [1.165, 1.54) is 25.7 Å². The van der Waals surface area contributed by atoms with Gasteiger partial charge in [0.05, 0.1) is 6.42 Å². The summed E-state index contributed by atoms with van der Waals surface area (Å²) in [5.41, 5.74) is 0.885. The molecule has 1 aliphatic heterocycles. The van der Waals surface area contributed by atoms with Crippen molar-refractivity contribution >= 4 is 23.7 Å². The maximum atomic E-state index is 13.4. The van der Waals surface area contributed by atoms with Crippen molar-refractivity contribution in [2.75, 3.05) is 0 Å².